The first kappa shape index (κ1) is 11.3. The Kier molecular flexibility index (Phi) is 3.39. The molecule has 2 rings (SSSR count). The summed E-state index contributed by atoms with van der Waals surface area (Å²) in [7, 11) is 3.31. The molecule has 0 amide bonds. The summed E-state index contributed by atoms with van der Waals surface area (Å²) in [6.07, 6.45) is 0.985. The van der Waals surface area contributed by atoms with Gasteiger partial charge in [-0.1, -0.05) is 18.7 Å². The fourth-order valence-electron chi connectivity index (χ4n) is 1.64. The number of ether oxygens (including phenoxy) is 2. The van der Waals surface area contributed by atoms with E-state index in [4.69, 9.17) is 9.47 Å². The topological polar surface area (TPSA) is 30.8 Å². The van der Waals surface area contributed by atoms with E-state index in [1.807, 2.05) is 12.1 Å². The molecule has 3 nitrogen and oxygen atoms in total. The second-order valence-electron chi connectivity index (χ2n) is 3.48. The summed E-state index contributed by atoms with van der Waals surface area (Å²) in [4.78, 5) is 5.73. The van der Waals surface area contributed by atoms with Crippen LogP contribution in [0.1, 0.15) is 18.9 Å². The van der Waals surface area contributed by atoms with Crippen LogP contribution in [0.15, 0.2) is 22.0 Å². The van der Waals surface area contributed by atoms with Gasteiger partial charge in [0.1, 0.15) is 0 Å². The molecule has 1 aromatic rings. The zero-order valence-corrected chi connectivity index (χ0v) is 10.6. The molecule has 0 spiro atoms. The molecule has 0 atom stereocenters. The minimum absolute atomic E-state index is 0.742. The summed E-state index contributed by atoms with van der Waals surface area (Å²) >= 11 is 1.72. The van der Waals surface area contributed by atoms with Crippen molar-refractivity contribution in [3.63, 3.8) is 0 Å². The Morgan fingerprint density at radius 3 is 2.56 bits per heavy atom. The summed E-state index contributed by atoms with van der Waals surface area (Å²) in [5, 5.41) is 1.18. The number of fused-ring (bicyclic) bond motifs is 1. The number of nitrogens with zero attached hydrogens (tertiary/aromatic N) is 1. The molecule has 1 aliphatic rings. The number of hydrogen-bond acceptors (Lipinski definition) is 4. The fourth-order valence-corrected chi connectivity index (χ4v) is 2.59. The Morgan fingerprint density at radius 2 is 1.94 bits per heavy atom. The van der Waals surface area contributed by atoms with Gasteiger partial charge < -0.3 is 9.47 Å². The van der Waals surface area contributed by atoms with Gasteiger partial charge in [-0.3, -0.25) is 4.99 Å². The molecule has 0 unspecified atom stereocenters. The molecule has 1 aromatic carbocycles. The molecule has 0 bridgehead atoms. The SMILES string of the molecule is CCC1=NCc2cc(OC)c(OC)cc2S1. The lowest BCUT2D eigenvalue weighted by atomic mass is 10.2. The first-order chi connectivity index (χ1) is 7.78. The van der Waals surface area contributed by atoms with Crippen LogP contribution in [-0.4, -0.2) is 19.3 Å². The summed E-state index contributed by atoms with van der Waals surface area (Å²) in [5.74, 6) is 1.56. The van der Waals surface area contributed by atoms with E-state index >= 15 is 0 Å². The quantitative estimate of drug-likeness (QED) is 0.809. The van der Waals surface area contributed by atoms with Gasteiger partial charge in [0.15, 0.2) is 11.5 Å². The highest BCUT2D eigenvalue weighted by Crippen LogP contribution is 2.38. The molecule has 0 N–H and O–H groups in total. The van der Waals surface area contributed by atoms with Crippen LogP contribution >= 0.6 is 11.8 Å². The van der Waals surface area contributed by atoms with Gasteiger partial charge in [0, 0.05) is 4.90 Å². The maximum absolute atomic E-state index is 5.29. The van der Waals surface area contributed by atoms with Crippen molar-refractivity contribution in [3.05, 3.63) is 17.7 Å². The van der Waals surface area contributed by atoms with Crippen molar-refractivity contribution in [1.29, 1.82) is 0 Å². The van der Waals surface area contributed by atoms with E-state index < -0.39 is 0 Å². The molecule has 0 fully saturated rings. The average molecular weight is 237 g/mol. The molecule has 1 heterocycles. The van der Waals surface area contributed by atoms with E-state index in [0.717, 1.165) is 24.5 Å². The van der Waals surface area contributed by atoms with Crippen LogP contribution in [0, 0.1) is 0 Å². The number of rotatable bonds is 3. The van der Waals surface area contributed by atoms with Gasteiger partial charge in [-0.05, 0) is 24.1 Å². The summed E-state index contributed by atoms with van der Waals surface area (Å²) in [6.45, 7) is 2.86. The second-order valence-corrected chi connectivity index (χ2v) is 4.60. The number of aliphatic imine (C=N–C) groups is 1. The molecule has 16 heavy (non-hydrogen) atoms. The smallest absolute Gasteiger partial charge is 0.161 e. The number of benzene rings is 1. The molecule has 0 aliphatic carbocycles. The minimum atomic E-state index is 0.742. The van der Waals surface area contributed by atoms with Crippen LogP contribution in [0.25, 0.3) is 0 Å². The van der Waals surface area contributed by atoms with Crippen molar-refractivity contribution in [2.75, 3.05) is 14.2 Å². The Balaban J connectivity index is 2.38. The predicted octanol–water partition coefficient (Wildman–Crippen LogP) is 3.12. The summed E-state index contributed by atoms with van der Waals surface area (Å²) in [6, 6.07) is 4.04. The van der Waals surface area contributed by atoms with Gasteiger partial charge in [0.2, 0.25) is 0 Å². The van der Waals surface area contributed by atoms with Crippen LogP contribution in [0.2, 0.25) is 0 Å². The average Bonchev–Trinajstić information content (AvgIpc) is 2.36. The number of methoxy groups -OCH3 is 2. The van der Waals surface area contributed by atoms with Crippen LogP contribution in [-0.2, 0) is 6.54 Å². The minimum Gasteiger partial charge on any atom is -0.493 e. The second kappa shape index (κ2) is 4.78. The first-order valence-electron chi connectivity index (χ1n) is 5.24. The lowest BCUT2D eigenvalue weighted by Crippen LogP contribution is -2.02. The molecule has 1 aliphatic heterocycles. The van der Waals surface area contributed by atoms with Crippen molar-refractivity contribution < 1.29 is 9.47 Å². The van der Waals surface area contributed by atoms with Gasteiger partial charge in [0.05, 0.1) is 25.8 Å². The highest BCUT2D eigenvalue weighted by atomic mass is 32.2. The van der Waals surface area contributed by atoms with Crippen molar-refractivity contribution in [2.24, 2.45) is 4.99 Å². The molecular formula is C12H15NO2S. The van der Waals surface area contributed by atoms with Crippen molar-refractivity contribution >= 4 is 16.8 Å². The largest absolute Gasteiger partial charge is 0.493 e. The number of hydrogen-bond donors (Lipinski definition) is 0. The maximum Gasteiger partial charge on any atom is 0.161 e. The highest BCUT2D eigenvalue weighted by molar-refractivity contribution is 8.14. The highest BCUT2D eigenvalue weighted by Gasteiger charge is 2.16. The Morgan fingerprint density at radius 1 is 1.25 bits per heavy atom. The molecule has 0 aromatic heterocycles. The van der Waals surface area contributed by atoms with Crippen LogP contribution < -0.4 is 9.47 Å². The molecular weight excluding hydrogens is 222 g/mol. The Labute approximate surface area is 99.9 Å². The van der Waals surface area contributed by atoms with Gasteiger partial charge in [-0.2, -0.15) is 0 Å². The van der Waals surface area contributed by atoms with Gasteiger partial charge in [-0.15, -0.1) is 0 Å². The van der Waals surface area contributed by atoms with Crippen LogP contribution in [0.5, 0.6) is 11.5 Å². The molecule has 0 saturated heterocycles. The lowest BCUT2D eigenvalue weighted by molar-refractivity contribution is 0.353. The lowest BCUT2D eigenvalue weighted by Gasteiger charge is -2.17. The zero-order chi connectivity index (χ0) is 11.5. The summed E-state index contributed by atoms with van der Waals surface area (Å²) < 4.78 is 10.6. The monoisotopic (exact) mass is 237 g/mol. The normalized spacial score (nSPS) is 14.1. The standard InChI is InChI=1S/C12H15NO2S/c1-4-12-13-7-8-5-9(14-2)10(15-3)6-11(8)16-12/h5-6H,4,7H2,1-3H3. The molecule has 4 heteroatoms. The first-order valence-corrected chi connectivity index (χ1v) is 6.06. The van der Waals surface area contributed by atoms with E-state index in [0.29, 0.717) is 0 Å². The third-order valence-corrected chi connectivity index (χ3v) is 3.78. The maximum atomic E-state index is 5.29. The Bertz CT molecular complexity index is 429. The van der Waals surface area contributed by atoms with Crippen molar-refractivity contribution in [2.45, 2.75) is 24.8 Å². The van der Waals surface area contributed by atoms with E-state index in [9.17, 15) is 0 Å². The van der Waals surface area contributed by atoms with E-state index in [1.165, 1.54) is 15.5 Å². The van der Waals surface area contributed by atoms with Gasteiger partial charge >= 0.3 is 0 Å². The van der Waals surface area contributed by atoms with Crippen molar-refractivity contribution in [1.82, 2.24) is 0 Å². The third-order valence-electron chi connectivity index (χ3n) is 2.52. The van der Waals surface area contributed by atoms with Crippen LogP contribution in [0.4, 0.5) is 0 Å². The number of thioether (sulfide) groups is 1. The van der Waals surface area contributed by atoms with Crippen LogP contribution in [0.3, 0.4) is 0 Å². The molecule has 0 saturated carbocycles. The Hall–Kier alpha value is -1.16. The summed E-state index contributed by atoms with van der Waals surface area (Å²) in [5.41, 5.74) is 1.21. The van der Waals surface area contributed by atoms with Gasteiger partial charge in [-0.25, -0.2) is 0 Å². The fraction of sp³-hybridized carbons (Fsp3) is 0.417. The molecule has 86 valence electrons. The van der Waals surface area contributed by atoms with Crippen molar-refractivity contribution in [3.8, 4) is 11.5 Å². The third kappa shape index (κ3) is 2.02. The molecule has 0 radical (unpaired) electrons. The van der Waals surface area contributed by atoms with E-state index in [1.54, 1.807) is 26.0 Å². The van der Waals surface area contributed by atoms with Gasteiger partial charge in [0.25, 0.3) is 0 Å². The van der Waals surface area contributed by atoms with E-state index in [2.05, 4.69) is 11.9 Å². The van der Waals surface area contributed by atoms with E-state index in [-0.39, 0.29) is 0 Å². The predicted molar refractivity (Wildman–Crippen MR) is 66.8 cm³/mol. The zero-order valence-electron chi connectivity index (χ0n) is 9.74.